The first-order chi connectivity index (χ1) is 10.5. The van der Waals surface area contributed by atoms with E-state index in [0.29, 0.717) is 37.7 Å². The fourth-order valence-corrected chi connectivity index (χ4v) is 2.26. The average molecular weight is 309 g/mol. The van der Waals surface area contributed by atoms with Crippen molar-refractivity contribution in [1.29, 1.82) is 0 Å². The molecule has 0 unspecified atom stereocenters. The molecule has 2 atom stereocenters. The van der Waals surface area contributed by atoms with Gasteiger partial charge in [0.05, 0.1) is 18.8 Å². The van der Waals surface area contributed by atoms with E-state index in [9.17, 15) is 9.59 Å². The van der Waals surface area contributed by atoms with Crippen molar-refractivity contribution in [3.05, 3.63) is 11.9 Å². The minimum absolute atomic E-state index is 0.184. The summed E-state index contributed by atoms with van der Waals surface area (Å²) >= 11 is 0. The van der Waals surface area contributed by atoms with E-state index in [2.05, 4.69) is 15.6 Å². The summed E-state index contributed by atoms with van der Waals surface area (Å²) in [5.41, 5.74) is 0.681. The van der Waals surface area contributed by atoms with Crippen molar-refractivity contribution in [2.75, 3.05) is 20.3 Å². The lowest BCUT2D eigenvalue weighted by Crippen LogP contribution is -2.35. The largest absolute Gasteiger partial charge is 0.383 e. The summed E-state index contributed by atoms with van der Waals surface area (Å²) in [6, 6.07) is -0.869. The summed E-state index contributed by atoms with van der Waals surface area (Å²) in [7, 11) is 1.62. The van der Waals surface area contributed by atoms with Crippen molar-refractivity contribution in [3.8, 4) is 0 Å². The van der Waals surface area contributed by atoms with Crippen molar-refractivity contribution in [2.24, 2.45) is 5.92 Å². The number of rotatable bonds is 8. The van der Waals surface area contributed by atoms with Crippen molar-refractivity contribution < 1.29 is 14.3 Å². The third-order valence-electron chi connectivity index (χ3n) is 3.82. The van der Waals surface area contributed by atoms with Crippen LogP contribution in [-0.2, 0) is 22.5 Å². The highest BCUT2D eigenvalue weighted by molar-refractivity contribution is 6.04. The number of urea groups is 1. The van der Waals surface area contributed by atoms with Crippen LogP contribution in [0.3, 0.4) is 0 Å². The van der Waals surface area contributed by atoms with Gasteiger partial charge in [0.2, 0.25) is 0 Å². The Morgan fingerprint density at radius 1 is 1.45 bits per heavy atom. The van der Waals surface area contributed by atoms with E-state index < -0.39 is 6.04 Å². The van der Waals surface area contributed by atoms with Crippen LogP contribution < -0.4 is 5.32 Å². The number of nitrogens with one attached hydrogen (secondary N) is 1. The van der Waals surface area contributed by atoms with Crippen LogP contribution in [0, 0.1) is 5.92 Å². The van der Waals surface area contributed by atoms with Crippen LogP contribution >= 0.6 is 0 Å². The van der Waals surface area contributed by atoms with Gasteiger partial charge in [-0.25, -0.2) is 9.48 Å². The predicted octanol–water partition coefficient (Wildman–Crippen LogP) is 0.433. The molecule has 22 heavy (non-hydrogen) atoms. The number of nitrogens with zero attached hydrogens (tertiary/aromatic N) is 4. The topological polar surface area (TPSA) is 89.3 Å². The Labute approximate surface area is 129 Å². The normalized spacial score (nSPS) is 19.6. The molecule has 0 spiro atoms. The minimum Gasteiger partial charge on any atom is -0.383 e. The van der Waals surface area contributed by atoms with E-state index in [1.54, 1.807) is 18.0 Å². The first kappa shape index (κ1) is 16.4. The quantitative estimate of drug-likeness (QED) is 0.704. The molecule has 0 radical (unpaired) electrons. The molecule has 0 bridgehead atoms. The standard InChI is InChI=1S/C14H23N5O3/c1-4-10(2)8-19-13(20)12(15-14(19)21)7-11-9-18(17-16-11)5-6-22-3/h9-10,12H,4-8H2,1-3H3,(H,15,21)/t10-,12-/m0/s1. The monoisotopic (exact) mass is 309 g/mol. The maximum Gasteiger partial charge on any atom is 0.324 e. The number of imide groups is 1. The molecule has 122 valence electrons. The lowest BCUT2D eigenvalue weighted by molar-refractivity contribution is -0.127. The maximum absolute atomic E-state index is 12.3. The average Bonchev–Trinajstić information content (AvgIpc) is 3.05. The number of carbonyl (C=O) groups excluding carboxylic acids is 2. The van der Waals surface area contributed by atoms with Crippen molar-refractivity contribution in [1.82, 2.24) is 25.2 Å². The first-order valence-corrected chi connectivity index (χ1v) is 7.55. The van der Waals surface area contributed by atoms with E-state index in [4.69, 9.17) is 4.74 Å². The van der Waals surface area contributed by atoms with Gasteiger partial charge in [0, 0.05) is 26.3 Å². The lowest BCUT2D eigenvalue weighted by Gasteiger charge is -2.16. The third-order valence-corrected chi connectivity index (χ3v) is 3.82. The number of methoxy groups -OCH3 is 1. The summed E-state index contributed by atoms with van der Waals surface area (Å²) in [5, 5.41) is 10.7. The summed E-state index contributed by atoms with van der Waals surface area (Å²) < 4.78 is 6.64. The Morgan fingerprint density at radius 2 is 2.23 bits per heavy atom. The molecule has 1 aliphatic heterocycles. The SMILES string of the molecule is CC[C@H](C)CN1C(=O)N[C@@H](Cc2cn(CCOC)nn2)C1=O. The molecule has 1 N–H and O–H groups in total. The van der Waals surface area contributed by atoms with Gasteiger partial charge in [-0.15, -0.1) is 5.10 Å². The molecule has 0 aromatic carbocycles. The van der Waals surface area contributed by atoms with Gasteiger partial charge in [-0.2, -0.15) is 0 Å². The van der Waals surface area contributed by atoms with Gasteiger partial charge in [0.15, 0.2) is 0 Å². The molecule has 2 heterocycles. The second-order valence-electron chi connectivity index (χ2n) is 5.63. The van der Waals surface area contributed by atoms with Gasteiger partial charge >= 0.3 is 6.03 Å². The van der Waals surface area contributed by atoms with E-state index >= 15 is 0 Å². The fourth-order valence-electron chi connectivity index (χ4n) is 2.26. The second-order valence-corrected chi connectivity index (χ2v) is 5.63. The second kappa shape index (κ2) is 7.35. The zero-order valence-electron chi connectivity index (χ0n) is 13.3. The summed E-state index contributed by atoms with van der Waals surface area (Å²) in [6.45, 7) is 5.67. The zero-order chi connectivity index (χ0) is 16.1. The number of aromatic nitrogens is 3. The van der Waals surface area contributed by atoms with Crippen molar-refractivity contribution in [2.45, 2.75) is 39.3 Å². The molecule has 1 saturated heterocycles. The van der Waals surface area contributed by atoms with E-state index in [1.165, 1.54) is 4.90 Å². The molecule has 2 rings (SSSR count). The zero-order valence-corrected chi connectivity index (χ0v) is 13.3. The van der Waals surface area contributed by atoms with E-state index in [0.717, 1.165) is 6.42 Å². The number of hydrogen-bond acceptors (Lipinski definition) is 5. The van der Waals surface area contributed by atoms with Gasteiger partial charge < -0.3 is 10.1 Å². The van der Waals surface area contributed by atoms with Crippen LogP contribution in [0.25, 0.3) is 0 Å². The third kappa shape index (κ3) is 3.82. The van der Waals surface area contributed by atoms with Crippen LogP contribution in [0.4, 0.5) is 4.79 Å². The van der Waals surface area contributed by atoms with Crippen LogP contribution in [-0.4, -0.2) is 58.1 Å². The molecule has 8 heteroatoms. The van der Waals surface area contributed by atoms with Crippen molar-refractivity contribution in [3.63, 3.8) is 0 Å². The molecule has 8 nitrogen and oxygen atoms in total. The predicted molar refractivity (Wildman–Crippen MR) is 79.1 cm³/mol. The highest BCUT2D eigenvalue weighted by Gasteiger charge is 2.38. The first-order valence-electron chi connectivity index (χ1n) is 7.55. The fraction of sp³-hybridized carbons (Fsp3) is 0.714. The number of hydrogen-bond donors (Lipinski definition) is 1. The van der Waals surface area contributed by atoms with E-state index in [-0.39, 0.29) is 11.9 Å². The lowest BCUT2D eigenvalue weighted by atomic mass is 10.1. The minimum atomic E-state index is -0.552. The molecule has 1 fully saturated rings. The Balaban J connectivity index is 1.94. The highest BCUT2D eigenvalue weighted by atomic mass is 16.5. The Morgan fingerprint density at radius 3 is 2.91 bits per heavy atom. The summed E-state index contributed by atoms with van der Waals surface area (Å²) in [5.74, 6) is 0.111. The van der Waals surface area contributed by atoms with E-state index in [1.807, 2.05) is 13.8 Å². The number of ether oxygens (including phenoxy) is 1. The van der Waals surface area contributed by atoms with Gasteiger partial charge in [0.25, 0.3) is 5.91 Å². The molecule has 1 aliphatic rings. The highest BCUT2D eigenvalue weighted by Crippen LogP contribution is 2.14. The molecule has 0 saturated carbocycles. The summed E-state index contributed by atoms with van der Waals surface area (Å²) in [4.78, 5) is 25.5. The van der Waals surface area contributed by atoms with Crippen LogP contribution in [0.15, 0.2) is 6.20 Å². The molecule has 0 aliphatic carbocycles. The molecule has 1 aromatic heterocycles. The van der Waals surface area contributed by atoms with Crippen LogP contribution in [0.2, 0.25) is 0 Å². The number of amides is 3. The van der Waals surface area contributed by atoms with Crippen LogP contribution in [0.5, 0.6) is 0 Å². The van der Waals surface area contributed by atoms with Gasteiger partial charge in [-0.1, -0.05) is 25.5 Å². The summed E-state index contributed by atoms with van der Waals surface area (Å²) in [6.07, 6.45) is 3.06. The molecule has 1 aromatic rings. The van der Waals surface area contributed by atoms with Gasteiger partial charge in [-0.3, -0.25) is 9.69 Å². The van der Waals surface area contributed by atoms with Crippen LogP contribution in [0.1, 0.15) is 26.0 Å². The Bertz CT molecular complexity index is 530. The molecule has 3 amide bonds. The molecular formula is C14H23N5O3. The van der Waals surface area contributed by atoms with Gasteiger partial charge in [-0.05, 0) is 5.92 Å². The van der Waals surface area contributed by atoms with Gasteiger partial charge in [0.1, 0.15) is 6.04 Å². The molecular weight excluding hydrogens is 286 g/mol. The van der Waals surface area contributed by atoms with Crippen molar-refractivity contribution >= 4 is 11.9 Å². The maximum atomic E-state index is 12.3. The Hall–Kier alpha value is -1.96. The number of carbonyl (C=O) groups is 2. The smallest absolute Gasteiger partial charge is 0.324 e. The Kier molecular flexibility index (Phi) is 5.48.